The Kier molecular flexibility index (Phi) is 3.84. The Balaban J connectivity index is 2.50. The Morgan fingerprint density at radius 1 is 1.33 bits per heavy atom. The van der Waals surface area contributed by atoms with Crippen LogP contribution in [0, 0.1) is 11.3 Å². The second kappa shape index (κ2) is 5.21. The highest BCUT2D eigenvalue weighted by Gasteiger charge is 2.34. The van der Waals surface area contributed by atoms with Crippen molar-refractivity contribution in [3.8, 4) is 6.07 Å². The lowest BCUT2D eigenvalue weighted by atomic mass is 9.99. The molecule has 0 spiro atoms. The third-order valence-electron chi connectivity index (χ3n) is 2.83. The van der Waals surface area contributed by atoms with Crippen LogP contribution in [-0.4, -0.2) is 18.9 Å². The van der Waals surface area contributed by atoms with Crippen molar-refractivity contribution in [3.63, 3.8) is 0 Å². The van der Waals surface area contributed by atoms with E-state index >= 15 is 0 Å². The molecule has 1 aromatic rings. The van der Waals surface area contributed by atoms with Crippen LogP contribution in [0.3, 0.4) is 0 Å². The van der Waals surface area contributed by atoms with Crippen molar-refractivity contribution in [2.24, 2.45) is 0 Å². The van der Waals surface area contributed by atoms with Gasteiger partial charge in [0.2, 0.25) is 0 Å². The fraction of sp³-hybridized carbons (Fsp3) is 0.250. The molecule has 0 amide bonds. The SMILES string of the molecule is COP(=S)(OC)N1C=Cc2ccccc2C1C#N. The first-order chi connectivity index (χ1) is 8.66. The van der Waals surface area contributed by atoms with Gasteiger partial charge in [-0.15, -0.1) is 0 Å². The predicted octanol–water partition coefficient (Wildman–Crippen LogP) is 3.05. The van der Waals surface area contributed by atoms with Crippen molar-refractivity contribution >= 4 is 24.5 Å². The number of rotatable bonds is 3. The molecule has 0 saturated heterocycles. The van der Waals surface area contributed by atoms with Crippen molar-refractivity contribution in [2.45, 2.75) is 6.04 Å². The summed E-state index contributed by atoms with van der Waals surface area (Å²) in [4.78, 5) is 0. The molecule has 4 nitrogen and oxygen atoms in total. The number of hydrogen-bond donors (Lipinski definition) is 0. The minimum atomic E-state index is -2.63. The van der Waals surface area contributed by atoms with Gasteiger partial charge in [0.1, 0.15) is 6.04 Å². The number of fused-ring (bicyclic) bond motifs is 1. The molecule has 94 valence electrons. The maximum atomic E-state index is 9.40. The molecule has 1 heterocycles. The Morgan fingerprint density at radius 2 is 2.00 bits per heavy atom. The summed E-state index contributed by atoms with van der Waals surface area (Å²) in [6.07, 6.45) is 3.70. The fourth-order valence-corrected chi connectivity index (χ4v) is 3.57. The van der Waals surface area contributed by atoms with Crippen LogP contribution in [0.1, 0.15) is 17.2 Å². The number of nitriles is 1. The zero-order valence-electron chi connectivity index (χ0n) is 10.1. The molecule has 1 unspecified atom stereocenters. The van der Waals surface area contributed by atoms with Gasteiger partial charge in [-0.3, -0.25) is 4.67 Å². The summed E-state index contributed by atoms with van der Waals surface area (Å²) in [5.74, 6) is 0. The molecule has 1 aromatic carbocycles. The second-order valence-electron chi connectivity index (χ2n) is 3.69. The van der Waals surface area contributed by atoms with E-state index in [0.717, 1.165) is 11.1 Å². The number of hydrogen-bond acceptors (Lipinski definition) is 4. The first-order valence-corrected chi connectivity index (χ1v) is 7.92. The van der Waals surface area contributed by atoms with E-state index in [2.05, 4.69) is 6.07 Å². The number of benzene rings is 1. The Bertz CT molecular complexity index is 559. The molecule has 0 aromatic heterocycles. The summed E-state index contributed by atoms with van der Waals surface area (Å²) < 4.78 is 12.3. The molecule has 0 N–H and O–H groups in total. The van der Waals surface area contributed by atoms with Gasteiger partial charge in [-0.25, -0.2) is 0 Å². The van der Waals surface area contributed by atoms with Crippen LogP contribution in [0.25, 0.3) is 6.08 Å². The van der Waals surface area contributed by atoms with E-state index in [1.807, 2.05) is 30.3 Å². The van der Waals surface area contributed by atoms with Crippen molar-refractivity contribution in [3.05, 3.63) is 41.6 Å². The van der Waals surface area contributed by atoms with E-state index < -0.39 is 12.7 Å². The molecule has 0 radical (unpaired) electrons. The molecule has 0 fully saturated rings. The van der Waals surface area contributed by atoms with E-state index in [-0.39, 0.29) is 0 Å². The van der Waals surface area contributed by atoms with Gasteiger partial charge in [0, 0.05) is 20.4 Å². The van der Waals surface area contributed by atoms with Gasteiger partial charge in [0.25, 0.3) is 6.64 Å². The van der Waals surface area contributed by atoms with Crippen molar-refractivity contribution < 1.29 is 9.05 Å². The van der Waals surface area contributed by atoms with Crippen LogP contribution in [-0.2, 0) is 20.9 Å². The quantitative estimate of drug-likeness (QED) is 0.796. The van der Waals surface area contributed by atoms with Gasteiger partial charge in [-0.1, -0.05) is 24.3 Å². The summed E-state index contributed by atoms with van der Waals surface area (Å²) in [5.41, 5.74) is 1.94. The standard InChI is InChI=1S/C12H13N2O2PS/c1-15-17(18,16-2)14-8-7-10-5-3-4-6-11(10)12(14)9-13/h3-8,12H,1-2H3. The van der Waals surface area contributed by atoms with Crippen LogP contribution in [0.15, 0.2) is 30.5 Å². The molecule has 1 aliphatic heterocycles. The van der Waals surface area contributed by atoms with Crippen molar-refractivity contribution in [2.75, 3.05) is 14.2 Å². The second-order valence-corrected chi connectivity index (χ2v) is 7.20. The minimum absolute atomic E-state index is 0.475. The van der Waals surface area contributed by atoms with E-state index in [9.17, 15) is 5.26 Å². The zero-order valence-corrected chi connectivity index (χ0v) is 11.8. The molecule has 1 atom stereocenters. The minimum Gasteiger partial charge on any atom is -0.317 e. The van der Waals surface area contributed by atoms with Crippen LogP contribution in [0.5, 0.6) is 0 Å². The van der Waals surface area contributed by atoms with Gasteiger partial charge >= 0.3 is 0 Å². The summed E-state index contributed by atoms with van der Waals surface area (Å²) in [7, 11) is 3.01. The average molecular weight is 280 g/mol. The number of nitrogens with zero attached hydrogens (tertiary/aromatic N) is 2. The first kappa shape index (κ1) is 13.3. The lowest BCUT2D eigenvalue weighted by Gasteiger charge is -2.36. The normalized spacial score (nSPS) is 18.3. The highest BCUT2D eigenvalue weighted by atomic mass is 32.5. The Hall–Kier alpha value is -1.18. The predicted molar refractivity (Wildman–Crippen MR) is 74.0 cm³/mol. The highest BCUT2D eigenvalue weighted by molar-refractivity contribution is 8.08. The summed E-state index contributed by atoms with van der Waals surface area (Å²) in [5, 5.41) is 9.40. The van der Waals surface area contributed by atoms with Crippen LogP contribution < -0.4 is 0 Å². The maximum absolute atomic E-state index is 9.40. The Labute approximate surface area is 112 Å². The van der Waals surface area contributed by atoms with Crippen LogP contribution in [0.2, 0.25) is 0 Å². The summed E-state index contributed by atoms with van der Waals surface area (Å²) in [6, 6.07) is 9.52. The lowest BCUT2D eigenvalue weighted by molar-refractivity contribution is 0.279. The van der Waals surface area contributed by atoms with Gasteiger partial charge in [-0.2, -0.15) is 5.26 Å². The monoisotopic (exact) mass is 280 g/mol. The van der Waals surface area contributed by atoms with Gasteiger partial charge in [-0.05, 0) is 29.0 Å². The first-order valence-electron chi connectivity index (χ1n) is 5.33. The molecule has 0 aliphatic carbocycles. The lowest BCUT2D eigenvalue weighted by Crippen LogP contribution is -2.24. The molecule has 18 heavy (non-hydrogen) atoms. The summed E-state index contributed by atoms with van der Waals surface area (Å²) in [6.45, 7) is -2.63. The molecule has 0 bridgehead atoms. The maximum Gasteiger partial charge on any atom is 0.290 e. The third-order valence-corrected chi connectivity index (χ3v) is 6.14. The smallest absolute Gasteiger partial charge is 0.290 e. The Morgan fingerprint density at radius 3 is 2.61 bits per heavy atom. The molecular weight excluding hydrogens is 267 g/mol. The largest absolute Gasteiger partial charge is 0.317 e. The molecule has 6 heteroatoms. The van der Waals surface area contributed by atoms with E-state index in [0.29, 0.717) is 0 Å². The average Bonchev–Trinajstić information content (AvgIpc) is 2.45. The van der Waals surface area contributed by atoms with Gasteiger partial charge in [0.05, 0.1) is 6.07 Å². The van der Waals surface area contributed by atoms with E-state index in [1.54, 1.807) is 10.9 Å². The van der Waals surface area contributed by atoms with Crippen molar-refractivity contribution in [1.29, 1.82) is 5.26 Å². The highest BCUT2D eigenvalue weighted by Crippen LogP contribution is 2.56. The zero-order chi connectivity index (χ0) is 13.2. The van der Waals surface area contributed by atoms with Crippen LogP contribution in [0.4, 0.5) is 0 Å². The fourth-order valence-electron chi connectivity index (χ4n) is 1.91. The van der Waals surface area contributed by atoms with Crippen LogP contribution >= 0.6 is 6.64 Å². The van der Waals surface area contributed by atoms with E-state index in [1.165, 1.54) is 14.2 Å². The van der Waals surface area contributed by atoms with E-state index in [4.69, 9.17) is 20.9 Å². The molecule has 0 saturated carbocycles. The topological polar surface area (TPSA) is 45.5 Å². The molecule has 2 rings (SSSR count). The van der Waals surface area contributed by atoms with Gasteiger partial charge in [0.15, 0.2) is 0 Å². The molecular formula is C12H13N2O2PS. The van der Waals surface area contributed by atoms with Crippen molar-refractivity contribution in [1.82, 2.24) is 4.67 Å². The third kappa shape index (κ3) is 2.09. The molecule has 1 aliphatic rings. The van der Waals surface area contributed by atoms with Gasteiger partial charge < -0.3 is 9.05 Å². The summed E-state index contributed by atoms with van der Waals surface area (Å²) >= 11 is 5.39.